The molecule has 0 saturated heterocycles. The van der Waals surface area contributed by atoms with E-state index in [1.807, 2.05) is 25.1 Å². The lowest BCUT2D eigenvalue weighted by Crippen LogP contribution is -2.35. The molecule has 0 fully saturated rings. The van der Waals surface area contributed by atoms with E-state index in [1.165, 1.54) is 22.6 Å². The summed E-state index contributed by atoms with van der Waals surface area (Å²) in [6.45, 7) is 2.25. The smallest absolute Gasteiger partial charge is 0.264 e. The van der Waals surface area contributed by atoms with Crippen molar-refractivity contribution in [1.29, 1.82) is 0 Å². The van der Waals surface area contributed by atoms with Crippen LogP contribution in [0.1, 0.15) is 20.8 Å². The van der Waals surface area contributed by atoms with Crippen LogP contribution in [0.5, 0.6) is 11.5 Å². The van der Waals surface area contributed by atoms with Gasteiger partial charge in [0.05, 0.1) is 23.0 Å². The van der Waals surface area contributed by atoms with Gasteiger partial charge in [-0.2, -0.15) is 0 Å². The third-order valence-electron chi connectivity index (χ3n) is 4.86. The molecule has 30 heavy (non-hydrogen) atoms. The van der Waals surface area contributed by atoms with Gasteiger partial charge in [0.1, 0.15) is 17.0 Å². The van der Waals surface area contributed by atoms with Crippen molar-refractivity contribution < 1.29 is 24.5 Å². The molecule has 1 atom stereocenters. The first kappa shape index (κ1) is 20.3. The van der Waals surface area contributed by atoms with Crippen LogP contribution >= 0.6 is 11.3 Å². The number of hydrogen-bond donors (Lipinski definition) is 3. The Bertz CT molecular complexity index is 1090. The minimum Gasteiger partial charge on any atom is -0.454 e. The Morgan fingerprint density at radius 3 is 2.93 bits per heavy atom. The number of nitrogens with one attached hydrogen (secondary N) is 1. The van der Waals surface area contributed by atoms with Crippen molar-refractivity contribution in [1.82, 2.24) is 14.9 Å². The summed E-state index contributed by atoms with van der Waals surface area (Å²) >= 11 is 1.28. The van der Waals surface area contributed by atoms with E-state index >= 15 is 0 Å². The Kier molecular flexibility index (Phi) is 5.71. The summed E-state index contributed by atoms with van der Waals surface area (Å²) < 4.78 is 10.8. The highest BCUT2D eigenvalue weighted by Crippen LogP contribution is 2.35. The van der Waals surface area contributed by atoms with Gasteiger partial charge in [-0.1, -0.05) is 6.07 Å². The minimum absolute atomic E-state index is 0.0456. The molecule has 158 valence electrons. The van der Waals surface area contributed by atoms with Crippen molar-refractivity contribution in [3.8, 4) is 11.5 Å². The van der Waals surface area contributed by atoms with Crippen LogP contribution in [-0.2, 0) is 6.54 Å². The largest absolute Gasteiger partial charge is 0.454 e. The number of thiophene rings is 1. The van der Waals surface area contributed by atoms with E-state index in [0.29, 0.717) is 22.1 Å². The van der Waals surface area contributed by atoms with Crippen LogP contribution in [0.25, 0.3) is 10.2 Å². The zero-order valence-electron chi connectivity index (χ0n) is 16.6. The predicted molar refractivity (Wildman–Crippen MR) is 112 cm³/mol. The molecule has 1 aliphatic rings. The Balaban J connectivity index is 1.57. The maximum Gasteiger partial charge on any atom is 0.264 e. The first-order valence-electron chi connectivity index (χ1n) is 9.38. The molecule has 4 rings (SSSR count). The fourth-order valence-corrected chi connectivity index (χ4v) is 4.42. The first-order valence-corrected chi connectivity index (χ1v) is 10.2. The van der Waals surface area contributed by atoms with Gasteiger partial charge in [-0.3, -0.25) is 4.79 Å². The number of likely N-dealkylation sites (N-methyl/N-ethyl adjacent to an activating group) is 1. The lowest BCUT2D eigenvalue weighted by molar-refractivity contribution is 0.0523. The van der Waals surface area contributed by atoms with Crippen LogP contribution < -0.4 is 14.8 Å². The average molecular weight is 430 g/mol. The summed E-state index contributed by atoms with van der Waals surface area (Å²) in [4.78, 5) is 24.1. The van der Waals surface area contributed by atoms with Gasteiger partial charge in [-0.15, -0.1) is 11.3 Å². The maximum atomic E-state index is 12.8. The van der Waals surface area contributed by atoms with Crippen LogP contribution in [0.15, 0.2) is 24.5 Å². The lowest BCUT2D eigenvalue weighted by Gasteiger charge is -2.19. The summed E-state index contributed by atoms with van der Waals surface area (Å²) in [5.41, 5.74) is 1.78. The molecule has 0 spiro atoms. The maximum absolute atomic E-state index is 12.8. The van der Waals surface area contributed by atoms with Gasteiger partial charge in [-0.25, -0.2) is 9.97 Å². The number of amides is 1. The second kappa shape index (κ2) is 8.42. The number of aliphatic hydroxyl groups is 2. The molecule has 3 N–H and O–H groups in total. The molecular weight excluding hydrogens is 408 g/mol. The van der Waals surface area contributed by atoms with Crippen molar-refractivity contribution in [2.45, 2.75) is 19.6 Å². The number of nitrogens with zero attached hydrogens (tertiary/aromatic N) is 3. The van der Waals surface area contributed by atoms with Crippen molar-refractivity contribution in [2.75, 3.05) is 32.3 Å². The monoisotopic (exact) mass is 430 g/mol. The zero-order chi connectivity index (χ0) is 21.3. The summed E-state index contributed by atoms with van der Waals surface area (Å²) in [5, 5.41) is 22.8. The Labute approximate surface area is 176 Å². The zero-order valence-corrected chi connectivity index (χ0v) is 17.4. The fraction of sp³-hybridized carbons (Fsp3) is 0.350. The van der Waals surface area contributed by atoms with E-state index in [4.69, 9.17) is 14.6 Å². The highest BCUT2D eigenvalue weighted by atomic mass is 32.1. The average Bonchev–Trinajstić information content (AvgIpc) is 3.35. The SMILES string of the molecule is Cc1c(C(=O)N(C)C[C@@H](O)CO)sc2ncnc(NCc3ccc4c(c3)OCO4)c12. The van der Waals surface area contributed by atoms with Crippen molar-refractivity contribution in [3.05, 3.63) is 40.5 Å². The number of aromatic nitrogens is 2. The van der Waals surface area contributed by atoms with Gasteiger partial charge >= 0.3 is 0 Å². The van der Waals surface area contributed by atoms with Gasteiger partial charge < -0.3 is 29.9 Å². The third-order valence-corrected chi connectivity index (χ3v) is 6.05. The molecule has 10 heteroatoms. The van der Waals surface area contributed by atoms with Crippen molar-refractivity contribution >= 4 is 33.3 Å². The first-order chi connectivity index (χ1) is 14.5. The van der Waals surface area contributed by atoms with E-state index in [1.54, 1.807) is 7.05 Å². The Morgan fingerprint density at radius 1 is 1.33 bits per heavy atom. The van der Waals surface area contributed by atoms with E-state index < -0.39 is 12.7 Å². The van der Waals surface area contributed by atoms with E-state index in [9.17, 15) is 9.90 Å². The summed E-state index contributed by atoms with van der Waals surface area (Å²) in [6, 6.07) is 5.75. The summed E-state index contributed by atoms with van der Waals surface area (Å²) in [5.74, 6) is 1.86. The van der Waals surface area contributed by atoms with Crippen LogP contribution in [0.2, 0.25) is 0 Å². The van der Waals surface area contributed by atoms with Crippen LogP contribution in [0.3, 0.4) is 0 Å². The standard InChI is InChI=1S/C20H22N4O5S/c1-11-16-18(21-6-12-3-4-14-15(5-12)29-10-28-14)22-9-23-19(16)30-17(11)20(27)24(2)7-13(26)8-25/h3-5,9,13,25-26H,6-8,10H2,1-2H3,(H,21,22,23)/t13-/m1/s1. The number of ether oxygens (including phenoxy) is 2. The number of carbonyl (C=O) groups excluding carboxylic acids is 1. The van der Waals surface area contributed by atoms with Crippen molar-refractivity contribution in [3.63, 3.8) is 0 Å². The number of fused-ring (bicyclic) bond motifs is 2. The highest BCUT2D eigenvalue weighted by molar-refractivity contribution is 7.20. The Morgan fingerprint density at radius 2 is 2.13 bits per heavy atom. The molecule has 1 aliphatic heterocycles. The van der Waals surface area contributed by atoms with Gasteiger partial charge in [0, 0.05) is 20.1 Å². The van der Waals surface area contributed by atoms with Crippen LogP contribution in [0, 0.1) is 6.92 Å². The van der Waals surface area contributed by atoms with Gasteiger partial charge in [0.25, 0.3) is 5.91 Å². The van der Waals surface area contributed by atoms with Gasteiger partial charge in [-0.05, 0) is 30.2 Å². The quantitative estimate of drug-likeness (QED) is 0.519. The molecule has 0 bridgehead atoms. The fourth-order valence-electron chi connectivity index (χ4n) is 3.28. The topological polar surface area (TPSA) is 117 Å². The molecule has 1 aromatic carbocycles. The Hall–Kier alpha value is -2.95. The third kappa shape index (κ3) is 3.89. The number of aryl methyl sites for hydroxylation is 1. The number of rotatable bonds is 7. The number of hydrogen-bond acceptors (Lipinski definition) is 9. The molecule has 0 radical (unpaired) electrons. The van der Waals surface area contributed by atoms with Crippen LogP contribution in [0.4, 0.5) is 5.82 Å². The van der Waals surface area contributed by atoms with Gasteiger partial charge in [0.15, 0.2) is 11.5 Å². The molecule has 1 amide bonds. The second-order valence-corrected chi connectivity index (χ2v) is 8.02. The summed E-state index contributed by atoms with van der Waals surface area (Å²) in [6.07, 6.45) is 0.487. The molecule has 3 aromatic rings. The number of benzene rings is 1. The highest BCUT2D eigenvalue weighted by Gasteiger charge is 2.23. The molecule has 2 aromatic heterocycles. The van der Waals surface area contributed by atoms with E-state index in [2.05, 4.69) is 15.3 Å². The lowest BCUT2D eigenvalue weighted by atomic mass is 10.1. The number of anilines is 1. The predicted octanol–water partition coefficient (Wildman–Crippen LogP) is 1.77. The number of carbonyl (C=O) groups is 1. The van der Waals surface area contributed by atoms with Gasteiger partial charge in [0.2, 0.25) is 6.79 Å². The van der Waals surface area contributed by atoms with E-state index in [0.717, 1.165) is 28.0 Å². The number of aliphatic hydroxyl groups excluding tert-OH is 2. The minimum atomic E-state index is -0.979. The van der Waals surface area contributed by atoms with Crippen molar-refractivity contribution in [2.24, 2.45) is 0 Å². The molecule has 0 saturated carbocycles. The molecular formula is C20H22N4O5S. The van der Waals surface area contributed by atoms with E-state index in [-0.39, 0.29) is 19.2 Å². The molecule has 9 nitrogen and oxygen atoms in total. The molecule has 3 heterocycles. The summed E-state index contributed by atoms with van der Waals surface area (Å²) in [7, 11) is 1.59. The molecule has 0 aliphatic carbocycles. The second-order valence-electron chi connectivity index (χ2n) is 7.02. The van der Waals surface area contributed by atoms with Crippen LogP contribution in [-0.4, -0.2) is 64.1 Å². The molecule has 0 unspecified atom stereocenters. The normalized spacial score (nSPS) is 13.5.